The quantitative estimate of drug-likeness (QED) is 0.745. The normalized spacial score (nSPS) is 23.6. The smallest absolute Gasteiger partial charge is 0.224 e. The zero-order valence-electron chi connectivity index (χ0n) is 10.9. The Bertz CT molecular complexity index is 230. The van der Waals surface area contributed by atoms with Crippen molar-refractivity contribution in [3.8, 4) is 0 Å². The van der Waals surface area contributed by atoms with Crippen LogP contribution in [0.2, 0.25) is 0 Å². The van der Waals surface area contributed by atoms with Crippen LogP contribution in [0.4, 0.5) is 0 Å². The molecule has 0 saturated carbocycles. The van der Waals surface area contributed by atoms with Gasteiger partial charge in [-0.2, -0.15) is 0 Å². The van der Waals surface area contributed by atoms with E-state index in [2.05, 4.69) is 18.7 Å². The van der Waals surface area contributed by atoms with Gasteiger partial charge < -0.3 is 15.5 Å². The van der Waals surface area contributed by atoms with Crippen LogP contribution in [0.3, 0.4) is 0 Å². The third-order valence-electron chi connectivity index (χ3n) is 2.95. The van der Waals surface area contributed by atoms with Crippen LogP contribution in [-0.4, -0.2) is 55.0 Å². The van der Waals surface area contributed by atoms with Gasteiger partial charge in [0.05, 0.1) is 0 Å². The van der Waals surface area contributed by atoms with Gasteiger partial charge in [-0.3, -0.25) is 4.79 Å². The van der Waals surface area contributed by atoms with Crippen LogP contribution in [-0.2, 0) is 4.79 Å². The van der Waals surface area contributed by atoms with Crippen LogP contribution < -0.4 is 5.73 Å². The van der Waals surface area contributed by atoms with Crippen LogP contribution in [0, 0.1) is 5.92 Å². The van der Waals surface area contributed by atoms with Crippen LogP contribution in [0.1, 0.15) is 26.7 Å². The van der Waals surface area contributed by atoms with E-state index in [-0.39, 0.29) is 11.9 Å². The molecule has 1 aliphatic heterocycles. The molecule has 94 valence electrons. The lowest BCUT2D eigenvalue weighted by atomic mass is 10.0. The first-order valence-electron chi connectivity index (χ1n) is 6.10. The van der Waals surface area contributed by atoms with Gasteiger partial charge in [-0.25, -0.2) is 0 Å². The molecule has 0 aromatic rings. The molecule has 2 unspecified atom stereocenters. The Balaban J connectivity index is 2.64. The minimum atomic E-state index is 0.0318. The van der Waals surface area contributed by atoms with Crippen molar-refractivity contribution in [2.75, 3.05) is 27.2 Å². The fraction of sp³-hybridized carbons (Fsp3) is 0.917. The highest BCUT2D eigenvalue weighted by Crippen LogP contribution is 2.19. The molecule has 0 radical (unpaired) electrons. The second-order valence-electron chi connectivity index (χ2n) is 5.56. The summed E-state index contributed by atoms with van der Waals surface area (Å²) >= 11 is 0. The average molecular weight is 227 g/mol. The molecule has 1 fully saturated rings. The van der Waals surface area contributed by atoms with E-state index in [0.717, 1.165) is 19.5 Å². The molecule has 1 saturated heterocycles. The van der Waals surface area contributed by atoms with Gasteiger partial charge in [-0.1, -0.05) is 13.8 Å². The molecule has 1 rings (SSSR count). The van der Waals surface area contributed by atoms with Crippen LogP contribution in [0.5, 0.6) is 0 Å². The zero-order valence-corrected chi connectivity index (χ0v) is 10.9. The van der Waals surface area contributed by atoms with E-state index < -0.39 is 0 Å². The average Bonchev–Trinajstić information content (AvgIpc) is 2.42. The van der Waals surface area contributed by atoms with Crippen LogP contribution in [0.15, 0.2) is 0 Å². The molecule has 1 amide bonds. The van der Waals surface area contributed by atoms with Crippen molar-refractivity contribution < 1.29 is 4.79 Å². The summed E-state index contributed by atoms with van der Waals surface area (Å²) in [5.74, 6) is 0.828. The highest BCUT2D eigenvalue weighted by atomic mass is 16.2. The Morgan fingerprint density at radius 2 is 2.12 bits per heavy atom. The number of carbonyl (C=O) groups is 1. The van der Waals surface area contributed by atoms with Crippen LogP contribution >= 0.6 is 0 Å². The zero-order chi connectivity index (χ0) is 12.3. The van der Waals surface area contributed by atoms with E-state index >= 15 is 0 Å². The van der Waals surface area contributed by atoms with Crippen molar-refractivity contribution in [1.29, 1.82) is 0 Å². The first-order valence-corrected chi connectivity index (χ1v) is 6.10. The summed E-state index contributed by atoms with van der Waals surface area (Å²) < 4.78 is 0. The minimum Gasteiger partial charge on any atom is -0.337 e. The van der Waals surface area contributed by atoms with Gasteiger partial charge in [0, 0.05) is 31.6 Å². The maximum Gasteiger partial charge on any atom is 0.224 e. The van der Waals surface area contributed by atoms with Gasteiger partial charge in [0.25, 0.3) is 0 Å². The van der Waals surface area contributed by atoms with Crippen molar-refractivity contribution >= 4 is 5.91 Å². The second kappa shape index (κ2) is 5.64. The number of rotatable bonds is 5. The third kappa shape index (κ3) is 3.76. The molecule has 0 aromatic heterocycles. The lowest BCUT2D eigenvalue weighted by Gasteiger charge is -2.31. The number of nitrogens with zero attached hydrogens (tertiary/aromatic N) is 2. The van der Waals surface area contributed by atoms with Crippen molar-refractivity contribution in [1.82, 2.24) is 9.80 Å². The second-order valence-corrected chi connectivity index (χ2v) is 5.56. The standard InChI is InChI=1S/C12H25N3O/c1-9(2)5-11(8-14(3)4)15-7-10(13)6-12(15)16/h9-11H,5-8,13H2,1-4H3. The largest absolute Gasteiger partial charge is 0.337 e. The molecule has 0 aliphatic carbocycles. The first-order chi connectivity index (χ1) is 7.40. The molecule has 16 heavy (non-hydrogen) atoms. The summed E-state index contributed by atoms with van der Waals surface area (Å²) in [4.78, 5) is 15.9. The van der Waals surface area contributed by atoms with Crippen molar-refractivity contribution in [2.45, 2.75) is 38.8 Å². The van der Waals surface area contributed by atoms with Gasteiger partial charge in [0.2, 0.25) is 5.91 Å². The molecule has 2 atom stereocenters. The Morgan fingerprint density at radius 1 is 1.50 bits per heavy atom. The lowest BCUT2D eigenvalue weighted by Crippen LogP contribution is -2.44. The van der Waals surface area contributed by atoms with E-state index in [4.69, 9.17) is 5.73 Å². The summed E-state index contributed by atoms with van der Waals surface area (Å²) in [6, 6.07) is 0.348. The number of likely N-dealkylation sites (tertiary alicyclic amines) is 1. The van der Waals surface area contributed by atoms with E-state index in [1.54, 1.807) is 0 Å². The molecular formula is C12H25N3O. The Kier molecular flexibility index (Phi) is 4.74. The van der Waals surface area contributed by atoms with Gasteiger partial charge in [0.15, 0.2) is 0 Å². The van der Waals surface area contributed by atoms with Crippen LogP contribution in [0.25, 0.3) is 0 Å². The van der Waals surface area contributed by atoms with Crippen molar-refractivity contribution in [2.24, 2.45) is 11.7 Å². The monoisotopic (exact) mass is 227 g/mol. The SMILES string of the molecule is CC(C)CC(CN(C)C)N1CC(N)CC1=O. The maximum atomic E-state index is 11.8. The molecule has 1 aliphatic rings. The Hall–Kier alpha value is -0.610. The van der Waals surface area contributed by atoms with Crippen molar-refractivity contribution in [3.05, 3.63) is 0 Å². The van der Waals surface area contributed by atoms with Gasteiger partial charge >= 0.3 is 0 Å². The summed E-state index contributed by atoms with van der Waals surface area (Å²) in [7, 11) is 4.10. The van der Waals surface area contributed by atoms with E-state index in [1.807, 2.05) is 19.0 Å². The maximum absolute atomic E-state index is 11.8. The van der Waals surface area contributed by atoms with Crippen molar-refractivity contribution in [3.63, 3.8) is 0 Å². The summed E-state index contributed by atoms with van der Waals surface area (Å²) in [5, 5.41) is 0. The molecular weight excluding hydrogens is 202 g/mol. The van der Waals surface area contributed by atoms with E-state index in [9.17, 15) is 4.79 Å². The predicted molar refractivity (Wildman–Crippen MR) is 66.1 cm³/mol. The number of carbonyl (C=O) groups excluding carboxylic acids is 1. The number of hydrogen-bond acceptors (Lipinski definition) is 3. The molecule has 0 aromatic carbocycles. The molecule has 0 bridgehead atoms. The third-order valence-corrected chi connectivity index (χ3v) is 2.95. The number of hydrogen-bond donors (Lipinski definition) is 1. The lowest BCUT2D eigenvalue weighted by molar-refractivity contribution is -0.130. The highest BCUT2D eigenvalue weighted by Gasteiger charge is 2.32. The number of likely N-dealkylation sites (N-methyl/N-ethyl adjacent to an activating group) is 1. The first kappa shape index (κ1) is 13.5. The molecule has 0 spiro atoms. The van der Waals surface area contributed by atoms with Gasteiger partial charge in [0.1, 0.15) is 0 Å². The number of nitrogens with two attached hydrogens (primary N) is 1. The highest BCUT2D eigenvalue weighted by molar-refractivity contribution is 5.79. The summed E-state index contributed by atoms with van der Waals surface area (Å²) in [5.41, 5.74) is 5.84. The fourth-order valence-corrected chi connectivity index (χ4v) is 2.38. The summed E-state index contributed by atoms with van der Waals surface area (Å²) in [6.07, 6.45) is 1.57. The topological polar surface area (TPSA) is 49.6 Å². The van der Waals surface area contributed by atoms with E-state index in [1.165, 1.54) is 0 Å². The fourth-order valence-electron chi connectivity index (χ4n) is 2.38. The van der Waals surface area contributed by atoms with Gasteiger partial charge in [-0.15, -0.1) is 0 Å². The summed E-state index contributed by atoms with van der Waals surface area (Å²) in [6.45, 7) is 6.05. The Labute approximate surface area is 98.8 Å². The number of amides is 1. The molecule has 4 heteroatoms. The minimum absolute atomic E-state index is 0.0318. The van der Waals surface area contributed by atoms with E-state index in [0.29, 0.717) is 18.4 Å². The molecule has 2 N–H and O–H groups in total. The molecule has 4 nitrogen and oxygen atoms in total. The Morgan fingerprint density at radius 3 is 2.50 bits per heavy atom. The van der Waals surface area contributed by atoms with Gasteiger partial charge in [-0.05, 0) is 26.4 Å². The predicted octanol–water partition coefficient (Wildman–Crippen LogP) is 0.522. The molecule has 1 heterocycles.